The maximum absolute atomic E-state index is 15.0. The van der Waals surface area contributed by atoms with Gasteiger partial charge >= 0.3 is 0 Å². The van der Waals surface area contributed by atoms with Crippen molar-refractivity contribution in [1.82, 2.24) is 10.6 Å². The van der Waals surface area contributed by atoms with Crippen LogP contribution in [0.3, 0.4) is 0 Å². The van der Waals surface area contributed by atoms with Crippen molar-refractivity contribution in [2.75, 3.05) is 18.6 Å². The van der Waals surface area contributed by atoms with Gasteiger partial charge in [0.05, 0.1) is 32.7 Å². The van der Waals surface area contributed by atoms with Gasteiger partial charge in [0, 0.05) is 11.3 Å². The van der Waals surface area contributed by atoms with E-state index in [4.69, 9.17) is 13.6 Å². The first-order chi connectivity index (χ1) is 18.0. The molecule has 0 aliphatic heterocycles. The molecule has 4 rings (SSSR count). The fourth-order valence-electron chi connectivity index (χ4n) is 3.69. The van der Waals surface area contributed by atoms with Crippen molar-refractivity contribution in [3.8, 4) is 5.75 Å². The number of hydrogen-bond acceptors (Lipinski definition) is 6. The zero-order valence-electron chi connectivity index (χ0n) is 19.8. The highest BCUT2D eigenvalue weighted by Crippen LogP contribution is 2.31. The maximum atomic E-state index is 15.0. The van der Waals surface area contributed by atoms with Crippen LogP contribution < -0.4 is 20.3 Å². The van der Waals surface area contributed by atoms with Crippen molar-refractivity contribution in [1.29, 1.82) is 0 Å². The molecule has 190 valence electrons. The molecule has 0 saturated carbocycles. The Morgan fingerprint density at radius 2 is 1.65 bits per heavy atom. The van der Waals surface area contributed by atoms with Gasteiger partial charge in [-0.15, -0.1) is 0 Å². The average molecular weight is 506 g/mol. The first-order valence-electron chi connectivity index (χ1n) is 11.3. The highest BCUT2D eigenvalue weighted by molar-refractivity contribution is 6.04. The quantitative estimate of drug-likeness (QED) is 0.339. The second kappa shape index (κ2) is 11.7. The minimum Gasteiger partial charge on any atom is -0.497 e. The van der Waals surface area contributed by atoms with Crippen LogP contribution in [-0.2, 0) is 16.1 Å². The van der Waals surface area contributed by atoms with E-state index in [-0.39, 0.29) is 17.9 Å². The molecule has 2 heterocycles. The number of halogens is 1. The van der Waals surface area contributed by atoms with Crippen molar-refractivity contribution in [3.05, 3.63) is 108 Å². The van der Waals surface area contributed by atoms with Crippen LogP contribution in [0.5, 0.6) is 5.75 Å². The number of nitrogens with zero attached hydrogens (tertiary/aromatic N) is 1. The topological polar surface area (TPSA) is 114 Å². The van der Waals surface area contributed by atoms with Crippen molar-refractivity contribution in [2.45, 2.75) is 12.6 Å². The molecular weight excluding hydrogens is 481 g/mol. The zero-order valence-corrected chi connectivity index (χ0v) is 19.8. The number of carbonyl (C=O) groups excluding carboxylic acids is 3. The summed E-state index contributed by atoms with van der Waals surface area (Å²) in [4.78, 5) is 40.6. The molecule has 0 radical (unpaired) electrons. The summed E-state index contributed by atoms with van der Waals surface area (Å²) in [6, 6.07) is 17.0. The third-order valence-corrected chi connectivity index (χ3v) is 5.49. The molecule has 0 fully saturated rings. The van der Waals surface area contributed by atoms with E-state index in [1.54, 1.807) is 42.5 Å². The van der Waals surface area contributed by atoms with Gasteiger partial charge in [0.2, 0.25) is 11.8 Å². The maximum Gasteiger partial charge on any atom is 0.287 e. The molecule has 0 spiro atoms. The van der Waals surface area contributed by atoms with Gasteiger partial charge in [0.25, 0.3) is 5.91 Å². The van der Waals surface area contributed by atoms with Gasteiger partial charge in [0.1, 0.15) is 23.4 Å². The molecule has 9 nitrogen and oxygen atoms in total. The second-order valence-corrected chi connectivity index (χ2v) is 7.84. The van der Waals surface area contributed by atoms with Gasteiger partial charge in [-0.3, -0.25) is 19.3 Å². The van der Waals surface area contributed by atoms with Crippen molar-refractivity contribution >= 4 is 23.4 Å². The molecule has 1 atom stereocenters. The van der Waals surface area contributed by atoms with E-state index in [0.717, 1.165) is 4.90 Å². The molecule has 1 unspecified atom stereocenters. The van der Waals surface area contributed by atoms with Gasteiger partial charge in [0.15, 0.2) is 5.76 Å². The van der Waals surface area contributed by atoms with E-state index < -0.39 is 36.1 Å². The molecule has 2 N–H and O–H groups in total. The van der Waals surface area contributed by atoms with Crippen LogP contribution in [0.4, 0.5) is 10.1 Å². The SMILES string of the molecule is COc1ccc(N(C(=O)CNC(=O)c2ccco2)C(C(=O)NCc2ccco2)c2ccccc2F)cc1. The Bertz CT molecular complexity index is 1340. The molecule has 10 heteroatoms. The summed E-state index contributed by atoms with van der Waals surface area (Å²) in [5.74, 6) is -1.58. The molecular formula is C27H24FN3O6. The number of rotatable bonds is 10. The van der Waals surface area contributed by atoms with Crippen molar-refractivity contribution in [3.63, 3.8) is 0 Å². The fourth-order valence-corrected chi connectivity index (χ4v) is 3.69. The summed E-state index contributed by atoms with van der Waals surface area (Å²) in [6.07, 6.45) is 2.79. The summed E-state index contributed by atoms with van der Waals surface area (Å²) < 4.78 is 30.6. The third kappa shape index (κ3) is 6.04. The number of hydrogen-bond donors (Lipinski definition) is 2. The number of amides is 3. The number of anilines is 1. The van der Waals surface area contributed by atoms with Crippen LogP contribution in [0.15, 0.2) is 94.2 Å². The predicted octanol–water partition coefficient (Wildman–Crippen LogP) is 3.84. The van der Waals surface area contributed by atoms with Crippen LogP contribution in [0, 0.1) is 5.82 Å². The molecule has 2 aromatic heterocycles. The van der Waals surface area contributed by atoms with Crippen molar-refractivity contribution < 1.29 is 32.3 Å². The molecule has 0 saturated heterocycles. The molecule has 0 bridgehead atoms. The second-order valence-electron chi connectivity index (χ2n) is 7.84. The van der Waals surface area contributed by atoms with Crippen LogP contribution in [0.2, 0.25) is 0 Å². The van der Waals surface area contributed by atoms with Crippen LogP contribution in [-0.4, -0.2) is 31.4 Å². The first-order valence-corrected chi connectivity index (χ1v) is 11.3. The molecule has 4 aromatic rings. The van der Waals surface area contributed by atoms with Crippen LogP contribution in [0.25, 0.3) is 0 Å². The fraction of sp³-hybridized carbons (Fsp3) is 0.148. The lowest BCUT2D eigenvalue weighted by molar-refractivity contribution is -0.126. The van der Waals surface area contributed by atoms with Gasteiger partial charge < -0.3 is 24.2 Å². The Balaban J connectivity index is 1.69. The number of nitrogens with one attached hydrogen (secondary N) is 2. The summed E-state index contributed by atoms with van der Waals surface area (Å²) in [5.41, 5.74) is 0.264. The molecule has 3 amide bonds. The van der Waals surface area contributed by atoms with Gasteiger partial charge in [-0.1, -0.05) is 18.2 Å². The van der Waals surface area contributed by atoms with Crippen LogP contribution in [0.1, 0.15) is 27.9 Å². The first kappa shape index (κ1) is 25.2. The molecule has 37 heavy (non-hydrogen) atoms. The van der Waals surface area contributed by atoms with Crippen LogP contribution >= 0.6 is 0 Å². The smallest absolute Gasteiger partial charge is 0.287 e. The predicted molar refractivity (Wildman–Crippen MR) is 131 cm³/mol. The van der Waals surface area contributed by atoms with Gasteiger partial charge in [-0.2, -0.15) is 0 Å². The average Bonchev–Trinajstić information content (AvgIpc) is 3.64. The lowest BCUT2D eigenvalue weighted by Gasteiger charge is -2.31. The lowest BCUT2D eigenvalue weighted by atomic mass is 10.0. The van der Waals surface area contributed by atoms with E-state index in [0.29, 0.717) is 17.2 Å². The minimum atomic E-state index is -1.41. The molecule has 2 aromatic carbocycles. The van der Waals surface area contributed by atoms with E-state index >= 15 is 4.39 Å². The summed E-state index contributed by atoms with van der Waals surface area (Å²) in [5, 5.41) is 5.19. The number of furan rings is 2. The Hall–Kier alpha value is -4.86. The van der Waals surface area contributed by atoms with E-state index in [9.17, 15) is 14.4 Å². The summed E-state index contributed by atoms with van der Waals surface area (Å²) in [6.45, 7) is -0.460. The Morgan fingerprint density at radius 1 is 0.919 bits per heavy atom. The van der Waals surface area contributed by atoms with E-state index in [1.807, 2.05) is 0 Å². The highest BCUT2D eigenvalue weighted by Gasteiger charge is 2.34. The number of carbonyl (C=O) groups is 3. The number of methoxy groups -OCH3 is 1. The summed E-state index contributed by atoms with van der Waals surface area (Å²) >= 11 is 0. The largest absolute Gasteiger partial charge is 0.497 e. The summed E-state index contributed by atoms with van der Waals surface area (Å²) in [7, 11) is 1.49. The Kier molecular flexibility index (Phi) is 7.99. The zero-order chi connectivity index (χ0) is 26.2. The Morgan fingerprint density at radius 3 is 2.30 bits per heavy atom. The third-order valence-electron chi connectivity index (χ3n) is 5.49. The number of ether oxygens (including phenoxy) is 1. The number of benzene rings is 2. The monoisotopic (exact) mass is 505 g/mol. The molecule has 0 aliphatic carbocycles. The standard InChI is InChI=1S/C27H24FN3O6/c1-35-19-12-10-18(11-13-19)31(24(32)17-30-26(33)23-9-5-15-37-23)25(21-7-2-3-8-22(21)28)27(34)29-16-20-6-4-14-36-20/h2-15,25H,16-17H2,1H3,(H,29,34)(H,30,33). The van der Waals surface area contributed by atoms with Gasteiger partial charge in [-0.25, -0.2) is 4.39 Å². The molecule has 0 aliphatic rings. The Labute approximate surface area is 211 Å². The minimum absolute atomic E-state index is 0.0191. The van der Waals surface area contributed by atoms with Gasteiger partial charge in [-0.05, 0) is 54.6 Å². The normalized spacial score (nSPS) is 11.4. The van der Waals surface area contributed by atoms with E-state index in [2.05, 4.69) is 10.6 Å². The van der Waals surface area contributed by atoms with E-state index in [1.165, 1.54) is 50.0 Å². The lowest BCUT2D eigenvalue weighted by Crippen LogP contribution is -2.47. The highest BCUT2D eigenvalue weighted by atomic mass is 19.1. The van der Waals surface area contributed by atoms with Crippen molar-refractivity contribution in [2.24, 2.45) is 0 Å².